The Morgan fingerprint density at radius 2 is 2.00 bits per heavy atom. The summed E-state index contributed by atoms with van der Waals surface area (Å²) < 4.78 is 7.66. The molecule has 0 amide bonds. The maximum absolute atomic E-state index is 6.19. The number of benzene rings is 1. The van der Waals surface area contributed by atoms with E-state index in [9.17, 15) is 0 Å². The van der Waals surface area contributed by atoms with E-state index in [1.807, 2.05) is 32.0 Å². The summed E-state index contributed by atoms with van der Waals surface area (Å²) in [5, 5.41) is 13.4. The lowest BCUT2D eigenvalue weighted by molar-refractivity contribution is 0.224. The van der Waals surface area contributed by atoms with E-state index in [1.165, 1.54) is 5.56 Å². The first-order valence-corrected chi connectivity index (χ1v) is 7.15. The van der Waals surface area contributed by atoms with Gasteiger partial charge in [0.15, 0.2) is 22.7 Å². The van der Waals surface area contributed by atoms with Crippen molar-refractivity contribution in [1.82, 2.24) is 19.8 Å². The van der Waals surface area contributed by atoms with Crippen LogP contribution >= 0.6 is 11.6 Å². The van der Waals surface area contributed by atoms with Crippen LogP contribution in [0.15, 0.2) is 24.3 Å². The maximum Gasteiger partial charge on any atom is 0.195 e. The summed E-state index contributed by atoms with van der Waals surface area (Å²) in [5.41, 5.74) is 3.82. The highest BCUT2D eigenvalue weighted by atomic mass is 35.5. The Balaban J connectivity index is 1.83. The maximum atomic E-state index is 6.19. The molecule has 3 aromatic rings. The number of halogens is 1. The molecule has 0 radical (unpaired) electrons. The molecule has 0 spiro atoms. The van der Waals surface area contributed by atoms with Crippen molar-refractivity contribution in [1.29, 1.82) is 0 Å². The number of fused-ring (bicyclic) bond motifs is 2. The summed E-state index contributed by atoms with van der Waals surface area (Å²) in [6, 6.07) is 8.00. The average molecular weight is 301 g/mol. The second-order valence-electron chi connectivity index (χ2n) is 5.25. The van der Waals surface area contributed by atoms with Crippen LogP contribution in [0.3, 0.4) is 0 Å². The molecule has 0 saturated heterocycles. The van der Waals surface area contributed by atoms with E-state index in [-0.39, 0.29) is 6.10 Å². The zero-order chi connectivity index (χ0) is 14.6. The van der Waals surface area contributed by atoms with Crippen LogP contribution < -0.4 is 4.74 Å². The van der Waals surface area contributed by atoms with Gasteiger partial charge in [0.1, 0.15) is 5.75 Å². The van der Waals surface area contributed by atoms with Gasteiger partial charge in [-0.05, 0) is 31.0 Å². The lowest BCUT2D eigenvalue weighted by Crippen LogP contribution is -2.11. The highest BCUT2D eigenvalue weighted by Gasteiger charge is 2.29. The average Bonchev–Trinajstić information content (AvgIpc) is 3.07. The molecule has 2 aromatic heterocycles. The zero-order valence-corrected chi connectivity index (χ0v) is 12.4. The van der Waals surface area contributed by atoms with E-state index in [0.29, 0.717) is 11.0 Å². The number of aryl methyl sites for hydroxylation is 1. The lowest BCUT2D eigenvalue weighted by Gasteiger charge is -2.09. The van der Waals surface area contributed by atoms with Crippen LogP contribution in [0.1, 0.15) is 28.6 Å². The molecule has 0 bridgehead atoms. The predicted octanol–water partition coefficient (Wildman–Crippen LogP) is 3.07. The number of ether oxygens (including phenoxy) is 1. The first kappa shape index (κ1) is 12.6. The molecule has 1 atom stereocenters. The second-order valence-corrected chi connectivity index (χ2v) is 5.61. The number of aromatic nitrogens is 4. The van der Waals surface area contributed by atoms with Crippen LogP contribution in [0.4, 0.5) is 0 Å². The van der Waals surface area contributed by atoms with Crippen molar-refractivity contribution in [3.8, 4) is 5.75 Å². The minimum absolute atomic E-state index is 0.178. The van der Waals surface area contributed by atoms with Crippen LogP contribution in [0.5, 0.6) is 5.75 Å². The van der Waals surface area contributed by atoms with Gasteiger partial charge in [0.2, 0.25) is 0 Å². The zero-order valence-electron chi connectivity index (χ0n) is 11.7. The number of nitrogens with zero attached hydrogens (tertiary/aromatic N) is 4. The van der Waals surface area contributed by atoms with E-state index in [1.54, 1.807) is 4.52 Å². The van der Waals surface area contributed by atoms with Crippen molar-refractivity contribution in [3.63, 3.8) is 0 Å². The molecule has 1 aliphatic heterocycles. The van der Waals surface area contributed by atoms with Gasteiger partial charge in [-0.3, -0.25) is 0 Å². The molecular formula is C15H13ClN4O. The standard InChI is InChI=1S/C15H13ClN4O/c1-8-9(2)14-17-18-15(20(14)19-13(8)16)12-7-10-5-3-4-6-11(10)21-12/h3-6,12H,7H2,1-2H3. The molecule has 3 heterocycles. The quantitative estimate of drug-likeness (QED) is 0.693. The Morgan fingerprint density at radius 1 is 1.19 bits per heavy atom. The Bertz CT molecular complexity index is 833. The molecule has 1 aromatic carbocycles. The fourth-order valence-corrected chi connectivity index (χ4v) is 2.85. The summed E-state index contributed by atoms with van der Waals surface area (Å²) >= 11 is 6.19. The van der Waals surface area contributed by atoms with Crippen LogP contribution in [0, 0.1) is 13.8 Å². The Kier molecular flexibility index (Phi) is 2.65. The Morgan fingerprint density at radius 3 is 2.81 bits per heavy atom. The smallest absolute Gasteiger partial charge is 0.195 e. The Labute approximate surface area is 126 Å². The molecule has 21 heavy (non-hydrogen) atoms. The SMILES string of the molecule is Cc1c(Cl)nn2c(C3Cc4ccccc4O3)nnc2c1C. The fourth-order valence-electron chi connectivity index (χ4n) is 2.64. The number of hydrogen-bond acceptors (Lipinski definition) is 4. The van der Waals surface area contributed by atoms with E-state index in [4.69, 9.17) is 16.3 Å². The van der Waals surface area contributed by atoms with Crippen molar-refractivity contribution >= 4 is 17.2 Å². The van der Waals surface area contributed by atoms with Crippen molar-refractivity contribution in [2.75, 3.05) is 0 Å². The monoisotopic (exact) mass is 300 g/mol. The van der Waals surface area contributed by atoms with Crippen molar-refractivity contribution in [2.24, 2.45) is 0 Å². The first-order chi connectivity index (χ1) is 10.1. The molecule has 0 aliphatic carbocycles. The van der Waals surface area contributed by atoms with Crippen LogP contribution in [0.2, 0.25) is 5.15 Å². The lowest BCUT2D eigenvalue weighted by atomic mass is 10.1. The molecule has 1 unspecified atom stereocenters. The van der Waals surface area contributed by atoms with E-state index in [0.717, 1.165) is 28.9 Å². The highest BCUT2D eigenvalue weighted by molar-refractivity contribution is 6.30. The van der Waals surface area contributed by atoms with Gasteiger partial charge in [-0.2, -0.15) is 9.61 Å². The normalized spacial score (nSPS) is 17.0. The van der Waals surface area contributed by atoms with Gasteiger partial charge in [-0.1, -0.05) is 29.8 Å². The number of rotatable bonds is 1. The molecule has 5 nitrogen and oxygen atoms in total. The molecule has 4 rings (SSSR count). The van der Waals surface area contributed by atoms with Gasteiger partial charge in [0.05, 0.1) is 0 Å². The summed E-state index contributed by atoms with van der Waals surface area (Å²) in [5.74, 6) is 1.58. The summed E-state index contributed by atoms with van der Waals surface area (Å²) in [6.07, 6.45) is 0.589. The summed E-state index contributed by atoms with van der Waals surface area (Å²) in [6.45, 7) is 3.90. The molecule has 0 saturated carbocycles. The minimum atomic E-state index is -0.178. The number of hydrogen-bond donors (Lipinski definition) is 0. The van der Waals surface area contributed by atoms with Crippen molar-refractivity contribution in [2.45, 2.75) is 26.4 Å². The van der Waals surface area contributed by atoms with Crippen LogP contribution in [-0.4, -0.2) is 19.8 Å². The van der Waals surface area contributed by atoms with E-state index in [2.05, 4.69) is 21.4 Å². The molecule has 106 valence electrons. The van der Waals surface area contributed by atoms with Gasteiger partial charge in [-0.25, -0.2) is 0 Å². The van der Waals surface area contributed by atoms with E-state index >= 15 is 0 Å². The van der Waals surface area contributed by atoms with E-state index < -0.39 is 0 Å². The largest absolute Gasteiger partial charge is 0.482 e. The fraction of sp³-hybridized carbons (Fsp3) is 0.267. The summed E-state index contributed by atoms with van der Waals surface area (Å²) in [7, 11) is 0. The third-order valence-corrected chi connectivity index (χ3v) is 4.35. The third kappa shape index (κ3) is 1.81. The van der Waals surface area contributed by atoms with Gasteiger partial charge < -0.3 is 4.74 Å². The van der Waals surface area contributed by atoms with Gasteiger partial charge in [0.25, 0.3) is 0 Å². The van der Waals surface area contributed by atoms with Crippen molar-refractivity contribution in [3.05, 3.63) is 51.9 Å². The van der Waals surface area contributed by atoms with Gasteiger partial charge in [0, 0.05) is 12.0 Å². The molecule has 0 N–H and O–H groups in total. The highest BCUT2D eigenvalue weighted by Crippen LogP contribution is 2.36. The van der Waals surface area contributed by atoms with Gasteiger partial charge >= 0.3 is 0 Å². The second kappa shape index (κ2) is 4.43. The molecule has 0 fully saturated rings. The van der Waals surface area contributed by atoms with Gasteiger partial charge in [-0.15, -0.1) is 10.2 Å². The van der Waals surface area contributed by atoms with Crippen molar-refractivity contribution < 1.29 is 4.74 Å². The van der Waals surface area contributed by atoms with Crippen LogP contribution in [0.25, 0.3) is 5.65 Å². The first-order valence-electron chi connectivity index (χ1n) is 6.77. The summed E-state index contributed by atoms with van der Waals surface area (Å²) in [4.78, 5) is 0. The Hall–Kier alpha value is -2.14. The third-order valence-electron chi connectivity index (χ3n) is 4.00. The molecule has 6 heteroatoms. The number of para-hydroxylation sites is 1. The topological polar surface area (TPSA) is 52.3 Å². The molecule has 1 aliphatic rings. The molecular weight excluding hydrogens is 288 g/mol. The minimum Gasteiger partial charge on any atom is -0.482 e. The predicted molar refractivity (Wildman–Crippen MR) is 78.8 cm³/mol. The van der Waals surface area contributed by atoms with Crippen LogP contribution in [-0.2, 0) is 6.42 Å².